The van der Waals surface area contributed by atoms with E-state index in [-0.39, 0.29) is 18.2 Å². The second-order valence-electron chi connectivity index (χ2n) is 3.53. The van der Waals surface area contributed by atoms with Crippen LogP contribution in [0, 0.1) is 0 Å². The third-order valence-corrected chi connectivity index (χ3v) is 1.89. The van der Waals surface area contributed by atoms with E-state index in [9.17, 15) is 0 Å². The molecule has 0 saturated carbocycles. The molecule has 0 aromatic carbocycles. The van der Waals surface area contributed by atoms with E-state index in [4.69, 9.17) is 15.3 Å². The monoisotopic (exact) mass is 190 g/mol. The third-order valence-electron chi connectivity index (χ3n) is 1.89. The number of methoxy groups -OCH3 is 1. The van der Waals surface area contributed by atoms with Crippen molar-refractivity contribution in [3.8, 4) is 0 Å². The highest BCUT2D eigenvalue weighted by atomic mass is 16.5. The van der Waals surface area contributed by atoms with Crippen LogP contribution in [0.15, 0.2) is 0 Å². The molecule has 0 heterocycles. The topological polar surface area (TPSA) is 56.5 Å². The van der Waals surface area contributed by atoms with Gasteiger partial charge in [0.25, 0.3) is 0 Å². The van der Waals surface area contributed by atoms with Gasteiger partial charge in [-0.15, -0.1) is 0 Å². The minimum Gasteiger partial charge on any atom is -0.382 e. The van der Waals surface area contributed by atoms with Gasteiger partial charge in [0.05, 0.1) is 18.8 Å². The maximum atomic E-state index is 5.44. The fraction of sp³-hybridized carbons (Fsp3) is 1.00. The van der Waals surface area contributed by atoms with Gasteiger partial charge in [0, 0.05) is 13.2 Å². The Morgan fingerprint density at radius 3 is 2.31 bits per heavy atom. The van der Waals surface area contributed by atoms with Crippen molar-refractivity contribution in [3.05, 3.63) is 0 Å². The van der Waals surface area contributed by atoms with Crippen LogP contribution >= 0.6 is 0 Å². The maximum absolute atomic E-state index is 5.44. The highest BCUT2D eigenvalue weighted by molar-refractivity contribution is 4.66. The van der Waals surface area contributed by atoms with E-state index < -0.39 is 0 Å². The first-order chi connectivity index (χ1) is 6.10. The number of nitrogens with two attached hydrogens (primary N) is 1. The molecule has 0 aliphatic heterocycles. The Balaban J connectivity index is 3.62. The fourth-order valence-corrected chi connectivity index (χ4v) is 0.990. The SMILES string of the molecule is COC(C)CC(COC(C)C)NN. The zero-order chi connectivity index (χ0) is 10.3. The average molecular weight is 190 g/mol. The summed E-state index contributed by atoms with van der Waals surface area (Å²) in [5.41, 5.74) is 2.72. The number of ether oxygens (including phenoxy) is 2. The molecule has 80 valence electrons. The summed E-state index contributed by atoms with van der Waals surface area (Å²) >= 11 is 0. The van der Waals surface area contributed by atoms with Crippen molar-refractivity contribution < 1.29 is 9.47 Å². The third kappa shape index (κ3) is 6.95. The van der Waals surface area contributed by atoms with Crippen molar-refractivity contribution in [2.24, 2.45) is 5.84 Å². The second kappa shape index (κ2) is 7.26. The molecule has 0 rings (SSSR count). The standard InChI is InChI=1S/C9H22N2O2/c1-7(2)13-6-9(11-10)5-8(3)12-4/h7-9,11H,5-6,10H2,1-4H3. The van der Waals surface area contributed by atoms with Gasteiger partial charge >= 0.3 is 0 Å². The van der Waals surface area contributed by atoms with Gasteiger partial charge in [0.2, 0.25) is 0 Å². The van der Waals surface area contributed by atoms with Gasteiger partial charge in [-0.25, -0.2) is 0 Å². The Kier molecular flexibility index (Phi) is 7.17. The molecule has 0 aliphatic carbocycles. The zero-order valence-electron chi connectivity index (χ0n) is 9.04. The van der Waals surface area contributed by atoms with E-state index in [1.807, 2.05) is 20.8 Å². The minimum atomic E-state index is 0.164. The second-order valence-corrected chi connectivity index (χ2v) is 3.53. The molecule has 0 radical (unpaired) electrons. The molecular formula is C9H22N2O2. The number of hydrogen-bond acceptors (Lipinski definition) is 4. The molecule has 0 aliphatic rings. The number of hydrogen-bond donors (Lipinski definition) is 2. The van der Waals surface area contributed by atoms with Crippen LogP contribution < -0.4 is 11.3 Å². The maximum Gasteiger partial charge on any atom is 0.0637 e. The van der Waals surface area contributed by atoms with E-state index in [1.165, 1.54) is 0 Å². The van der Waals surface area contributed by atoms with Crippen molar-refractivity contribution in [2.45, 2.75) is 45.4 Å². The summed E-state index contributed by atoms with van der Waals surface area (Å²) in [5.74, 6) is 5.38. The first-order valence-corrected chi connectivity index (χ1v) is 4.70. The molecule has 13 heavy (non-hydrogen) atoms. The van der Waals surface area contributed by atoms with Crippen molar-refractivity contribution in [2.75, 3.05) is 13.7 Å². The lowest BCUT2D eigenvalue weighted by atomic mass is 10.1. The van der Waals surface area contributed by atoms with Crippen LogP contribution in [0.25, 0.3) is 0 Å². The summed E-state index contributed by atoms with van der Waals surface area (Å²) in [4.78, 5) is 0. The Morgan fingerprint density at radius 2 is 1.92 bits per heavy atom. The molecule has 4 heteroatoms. The summed E-state index contributed by atoms with van der Waals surface area (Å²) in [7, 11) is 1.70. The van der Waals surface area contributed by atoms with E-state index in [0.29, 0.717) is 6.61 Å². The number of rotatable bonds is 7. The molecule has 4 nitrogen and oxygen atoms in total. The summed E-state index contributed by atoms with van der Waals surface area (Å²) in [5, 5.41) is 0. The Bertz CT molecular complexity index is 120. The first kappa shape index (κ1) is 12.8. The quantitative estimate of drug-likeness (QED) is 0.457. The van der Waals surface area contributed by atoms with Gasteiger partial charge in [-0.2, -0.15) is 0 Å². The van der Waals surface area contributed by atoms with Crippen molar-refractivity contribution in [1.82, 2.24) is 5.43 Å². The smallest absolute Gasteiger partial charge is 0.0637 e. The van der Waals surface area contributed by atoms with Crippen LogP contribution in [0.5, 0.6) is 0 Å². The first-order valence-electron chi connectivity index (χ1n) is 4.70. The predicted molar refractivity (Wildman–Crippen MR) is 53.3 cm³/mol. The summed E-state index contributed by atoms with van der Waals surface area (Å²) in [6.45, 7) is 6.65. The largest absolute Gasteiger partial charge is 0.382 e. The Hall–Kier alpha value is -0.160. The molecule has 0 spiro atoms. The highest BCUT2D eigenvalue weighted by Gasteiger charge is 2.11. The van der Waals surface area contributed by atoms with Crippen LogP contribution in [0.1, 0.15) is 27.2 Å². The van der Waals surface area contributed by atoms with Crippen LogP contribution in [0.2, 0.25) is 0 Å². The summed E-state index contributed by atoms with van der Waals surface area (Å²) in [6.07, 6.45) is 1.31. The van der Waals surface area contributed by atoms with Crippen molar-refractivity contribution >= 4 is 0 Å². The molecule has 0 amide bonds. The average Bonchev–Trinajstić information content (AvgIpc) is 2.11. The van der Waals surface area contributed by atoms with Gasteiger partial charge in [0.1, 0.15) is 0 Å². The predicted octanol–water partition coefficient (Wildman–Crippen LogP) is 0.668. The summed E-state index contributed by atoms with van der Waals surface area (Å²) < 4.78 is 10.6. The minimum absolute atomic E-state index is 0.164. The van der Waals surface area contributed by atoms with Gasteiger partial charge in [-0.3, -0.25) is 11.3 Å². The van der Waals surface area contributed by atoms with E-state index in [2.05, 4.69) is 5.43 Å². The van der Waals surface area contributed by atoms with E-state index >= 15 is 0 Å². The molecule has 0 fully saturated rings. The van der Waals surface area contributed by atoms with E-state index in [0.717, 1.165) is 6.42 Å². The molecule has 2 unspecified atom stereocenters. The molecule has 0 bridgehead atoms. The molecule has 0 saturated heterocycles. The fourth-order valence-electron chi connectivity index (χ4n) is 0.990. The number of nitrogens with one attached hydrogen (secondary N) is 1. The summed E-state index contributed by atoms with van der Waals surface area (Å²) in [6, 6.07) is 0.164. The normalized spacial score (nSPS) is 16.2. The zero-order valence-corrected chi connectivity index (χ0v) is 9.04. The lowest BCUT2D eigenvalue weighted by Crippen LogP contribution is -2.41. The van der Waals surface area contributed by atoms with Crippen molar-refractivity contribution in [1.29, 1.82) is 0 Å². The molecule has 0 aromatic heterocycles. The van der Waals surface area contributed by atoms with Gasteiger partial charge in [0.15, 0.2) is 0 Å². The Morgan fingerprint density at radius 1 is 1.31 bits per heavy atom. The van der Waals surface area contributed by atoms with Gasteiger partial charge < -0.3 is 9.47 Å². The molecule has 0 aromatic rings. The van der Waals surface area contributed by atoms with Gasteiger partial charge in [-0.05, 0) is 27.2 Å². The lowest BCUT2D eigenvalue weighted by molar-refractivity contribution is 0.0389. The van der Waals surface area contributed by atoms with Crippen molar-refractivity contribution in [3.63, 3.8) is 0 Å². The molecule has 3 N–H and O–H groups in total. The lowest BCUT2D eigenvalue weighted by Gasteiger charge is -2.20. The van der Waals surface area contributed by atoms with Crippen LogP contribution in [-0.4, -0.2) is 32.0 Å². The Labute approximate surface area is 80.7 Å². The van der Waals surface area contributed by atoms with Crippen LogP contribution in [-0.2, 0) is 9.47 Å². The van der Waals surface area contributed by atoms with Gasteiger partial charge in [-0.1, -0.05) is 0 Å². The molecule has 2 atom stereocenters. The van der Waals surface area contributed by atoms with E-state index in [1.54, 1.807) is 7.11 Å². The van der Waals surface area contributed by atoms with Crippen LogP contribution in [0.3, 0.4) is 0 Å². The number of hydrazine groups is 1. The van der Waals surface area contributed by atoms with Crippen LogP contribution in [0.4, 0.5) is 0 Å². The molecular weight excluding hydrogens is 168 g/mol. The highest BCUT2D eigenvalue weighted by Crippen LogP contribution is 2.02.